The van der Waals surface area contributed by atoms with Crippen LogP contribution in [0.1, 0.15) is 79.4 Å². The van der Waals surface area contributed by atoms with Crippen LogP contribution in [0.2, 0.25) is 0 Å². The Bertz CT molecular complexity index is 2970. The highest BCUT2D eigenvalue weighted by Gasteiger charge is 2.39. The molecule has 5 N–H and O–H groups in total. The third-order valence-corrected chi connectivity index (χ3v) is 12.3. The van der Waals surface area contributed by atoms with Gasteiger partial charge in [0.1, 0.15) is 48.8 Å². The maximum Gasteiger partial charge on any atom is 0.305 e. The molecule has 9 rings (SSSR count). The number of rotatable bonds is 16. The summed E-state index contributed by atoms with van der Waals surface area (Å²) in [6.07, 6.45) is 1.61. The van der Waals surface area contributed by atoms with Gasteiger partial charge in [0.15, 0.2) is 6.23 Å². The first kappa shape index (κ1) is 44.5. The third kappa shape index (κ3) is 9.52. The van der Waals surface area contributed by atoms with Gasteiger partial charge in [0.05, 0.1) is 23.7 Å². The van der Waals surface area contributed by atoms with Gasteiger partial charge >= 0.3 is 5.97 Å². The number of esters is 1. The molecule has 0 bridgehead atoms. The molecule has 0 aliphatic carbocycles. The average molecular weight is 906 g/mol. The average Bonchev–Trinajstić information content (AvgIpc) is 3.89. The minimum absolute atomic E-state index is 0.0880. The summed E-state index contributed by atoms with van der Waals surface area (Å²) in [7, 11) is 1.31. The van der Waals surface area contributed by atoms with E-state index in [0.29, 0.717) is 64.3 Å². The number of benzene rings is 5. The predicted molar refractivity (Wildman–Crippen MR) is 251 cm³/mol. The van der Waals surface area contributed by atoms with Gasteiger partial charge in [-0.2, -0.15) is 0 Å². The molecule has 1 aromatic heterocycles. The SMILES string of the molecule is COC(=O)CCCCC(=O)N[C@@H](C)C(=O)N[C@@H](C)C(=O)Nc1cc(COc2ccc3c(c2)N[C@@H]2Cc4ccccc4N2C3O)cc(COc2ccc3c(=O)n4c(nc3c2)Cc2ccccc2-4)c1. The highest BCUT2D eigenvalue weighted by atomic mass is 16.5. The molecule has 4 heterocycles. The molecule has 0 saturated heterocycles. The van der Waals surface area contributed by atoms with Crippen molar-refractivity contribution in [3.05, 3.63) is 147 Å². The smallest absolute Gasteiger partial charge is 0.305 e. The Morgan fingerprint density at radius 1 is 0.791 bits per heavy atom. The Morgan fingerprint density at radius 2 is 1.46 bits per heavy atom. The van der Waals surface area contributed by atoms with Crippen molar-refractivity contribution in [3.8, 4) is 17.2 Å². The normalized spacial score (nSPS) is 16.0. The summed E-state index contributed by atoms with van der Waals surface area (Å²) < 4.78 is 18.9. The quantitative estimate of drug-likeness (QED) is 0.0566. The summed E-state index contributed by atoms with van der Waals surface area (Å²) >= 11 is 0. The molecule has 16 heteroatoms. The predicted octanol–water partition coefficient (Wildman–Crippen LogP) is 5.93. The first-order chi connectivity index (χ1) is 32.4. The van der Waals surface area contributed by atoms with Crippen LogP contribution >= 0.6 is 0 Å². The molecule has 0 spiro atoms. The minimum Gasteiger partial charge on any atom is -0.489 e. The molecular weight excluding hydrogens is 855 g/mol. The maximum atomic E-state index is 13.6. The van der Waals surface area contributed by atoms with Crippen molar-refractivity contribution >= 4 is 51.7 Å². The molecule has 3 aliphatic rings. The van der Waals surface area contributed by atoms with Crippen LogP contribution in [-0.2, 0) is 50.0 Å². The summed E-state index contributed by atoms with van der Waals surface area (Å²) in [4.78, 5) is 70.8. The van der Waals surface area contributed by atoms with Crippen LogP contribution in [0.15, 0.2) is 108 Å². The first-order valence-corrected chi connectivity index (χ1v) is 22.4. The summed E-state index contributed by atoms with van der Waals surface area (Å²) in [6, 6.07) is 30.1. The van der Waals surface area contributed by atoms with Crippen LogP contribution in [-0.4, -0.2) is 63.7 Å². The van der Waals surface area contributed by atoms with Crippen LogP contribution in [0.25, 0.3) is 16.6 Å². The number of aromatic nitrogens is 2. The number of anilines is 3. The highest BCUT2D eigenvalue weighted by molar-refractivity contribution is 5.98. The second kappa shape index (κ2) is 19.0. The second-order valence-corrected chi connectivity index (χ2v) is 17.1. The van der Waals surface area contributed by atoms with E-state index in [1.165, 1.54) is 14.0 Å². The lowest BCUT2D eigenvalue weighted by Gasteiger charge is -2.39. The van der Waals surface area contributed by atoms with Crippen LogP contribution in [0.4, 0.5) is 17.1 Å². The van der Waals surface area contributed by atoms with Gasteiger partial charge in [-0.15, -0.1) is 0 Å². The Labute approximate surface area is 386 Å². The zero-order valence-electron chi connectivity index (χ0n) is 37.3. The Morgan fingerprint density at radius 3 is 2.22 bits per heavy atom. The topological polar surface area (TPSA) is 202 Å². The third-order valence-electron chi connectivity index (χ3n) is 12.3. The lowest BCUT2D eigenvalue weighted by Crippen LogP contribution is -2.50. The number of hydrogen-bond donors (Lipinski definition) is 5. The van der Waals surface area contributed by atoms with Crippen LogP contribution in [0, 0.1) is 0 Å². The summed E-state index contributed by atoms with van der Waals surface area (Å²) in [6.45, 7) is 3.28. The molecule has 1 unspecified atom stereocenters. The van der Waals surface area contributed by atoms with E-state index >= 15 is 0 Å². The van der Waals surface area contributed by atoms with Crippen molar-refractivity contribution in [1.29, 1.82) is 0 Å². The first-order valence-electron chi connectivity index (χ1n) is 22.4. The van der Waals surface area contributed by atoms with Gasteiger partial charge in [-0.05, 0) is 104 Å². The van der Waals surface area contributed by atoms with Gasteiger partial charge in [0, 0.05) is 60.4 Å². The fraction of sp³-hybridized carbons (Fsp3) is 0.294. The van der Waals surface area contributed by atoms with E-state index in [2.05, 4.69) is 32.1 Å². The van der Waals surface area contributed by atoms with Crippen LogP contribution < -0.4 is 41.2 Å². The van der Waals surface area contributed by atoms with Gasteiger partial charge in [-0.25, -0.2) is 4.98 Å². The number of aliphatic hydroxyl groups is 1. The Kier molecular flexibility index (Phi) is 12.6. The van der Waals surface area contributed by atoms with E-state index in [9.17, 15) is 29.1 Å². The van der Waals surface area contributed by atoms with E-state index in [0.717, 1.165) is 40.2 Å². The number of fused-ring (bicyclic) bond motifs is 8. The van der Waals surface area contributed by atoms with Crippen molar-refractivity contribution in [2.75, 3.05) is 22.6 Å². The van der Waals surface area contributed by atoms with E-state index in [1.54, 1.807) is 41.8 Å². The van der Waals surface area contributed by atoms with Crippen LogP contribution in [0.5, 0.6) is 11.5 Å². The van der Waals surface area contributed by atoms with E-state index < -0.39 is 30.1 Å². The van der Waals surface area contributed by atoms with E-state index in [4.69, 9.17) is 14.5 Å². The number of ether oxygens (including phenoxy) is 3. The molecule has 5 aromatic carbocycles. The number of nitrogens with one attached hydrogen (secondary N) is 4. The zero-order valence-corrected chi connectivity index (χ0v) is 37.3. The zero-order chi connectivity index (χ0) is 46.8. The molecule has 0 fully saturated rings. The molecule has 0 saturated carbocycles. The van der Waals surface area contributed by atoms with Crippen molar-refractivity contribution in [1.82, 2.24) is 20.2 Å². The standard InChI is InChI=1S/C51H51N7O9/c1-29(52-46(59)14-8-9-15-47(60)65-3)48(61)53-30(2)49(62)54-35-21-31(27-66-36-16-18-38-40(25-36)55-44-23-33-10-4-6-12-42(33)57(44)50(38)63)20-32(22-35)28-67-37-17-19-39-41(26-37)56-45-24-34-11-5-7-13-43(34)58(45)51(39)64/h4-7,10-13,16-22,25-26,29-30,44,50,55,63H,8-9,14-15,23-24,27-28H2,1-3H3,(H,52,59)(H,53,61)(H,54,62)/t29-,30-,44-,50?/m0/s1. The van der Waals surface area contributed by atoms with Gasteiger partial charge < -0.3 is 45.5 Å². The summed E-state index contributed by atoms with van der Waals surface area (Å²) in [5, 5.41) is 23.7. The number of carbonyl (C=O) groups excluding carboxylic acids is 4. The van der Waals surface area contributed by atoms with Gasteiger partial charge in [0.2, 0.25) is 17.7 Å². The molecule has 0 radical (unpaired) electrons. The van der Waals surface area contributed by atoms with Crippen molar-refractivity contribution in [2.45, 2.75) is 90.1 Å². The molecule has 344 valence electrons. The second-order valence-electron chi connectivity index (χ2n) is 17.1. The fourth-order valence-electron chi connectivity index (χ4n) is 8.88. The molecule has 3 aliphatic heterocycles. The monoisotopic (exact) mass is 905 g/mol. The number of para-hydroxylation sites is 2. The molecular formula is C51H51N7O9. The van der Waals surface area contributed by atoms with Crippen molar-refractivity contribution < 1.29 is 38.5 Å². The maximum absolute atomic E-state index is 13.6. The molecule has 4 atom stereocenters. The van der Waals surface area contributed by atoms with Crippen LogP contribution in [0.3, 0.4) is 0 Å². The number of unbranched alkanes of at least 4 members (excludes halogenated alkanes) is 1. The van der Waals surface area contributed by atoms with E-state index in [-0.39, 0.29) is 49.7 Å². The molecule has 67 heavy (non-hydrogen) atoms. The summed E-state index contributed by atoms with van der Waals surface area (Å²) in [5.41, 5.74) is 7.77. The number of aliphatic hydroxyl groups excluding tert-OH is 1. The molecule has 3 amide bonds. The number of methoxy groups -OCH3 is 1. The van der Waals surface area contributed by atoms with Gasteiger partial charge in [-0.3, -0.25) is 28.5 Å². The summed E-state index contributed by atoms with van der Waals surface area (Å²) in [5.74, 6) is -0.00532. The lowest BCUT2D eigenvalue weighted by molar-refractivity contribution is -0.140. The largest absolute Gasteiger partial charge is 0.489 e. The van der Waals surface area contributed by atoms with Gasteiger partial charge in [-0.1, -0.05) is 36.4 Å². The fourth-order valence-corrected chi connectivity index (χ4v) is 8.88. The number of amides is 3. The van der Waals surface area contributed by atoms with Crippen molar-refractivity contribution in [3.63, 3.8) is 0 Å². The Hall–Kier alpha value is -7.72. The van der Waals surface area contributed by atoms with Crippen molar-refractivity contribution in [2.24, 2.45) is 0 Å². The van der Waals surface area contributed by atoms with Gasteiger partial charge in [0.25, 0.3) is 5.56 Å². The Balaban J connectivity index is 0.890. The molecule has 6 aromatic rings. The van der Waals surface area contributed by atoms with E-state index in [1.807, 2.05) is 71.6 Å². The molecule has 16 nitrogen and oxygen atoms in total. The number of nitrogens with zero attached hydrogens (tertiary/aromatic N) is 3. The minimum atomic E-state index is -0.975. The number of carbonyl (C=O) groups is 4. The number of hydrogen-bond acceptors (Lipinski definition) is 12. The lowest BCUT2D eigenvalue weighted by atomic mass is 10.1. The highest BCUT2D eigenvalue weighted by Crippen LogP contribution is 2.44.